The van der Waals surface area contributed by atoms with Gasteiger partial charge in [0.1, 0.15) is 0 Å². The lowest BCUT2D eigenvalue weighted by Crippen LogP contribution is -2.27. The van der Waals surface area contributed by atoms with E-state index >= 15 is 0 Å². The fourth-order valence-electron chi connectivity index (χ4n) is 0.704. The molecule has 0 radical (unpaired) electrons. The van der Waals surface area contributed by atoms with Crippen LogP contribution in [0.3, 0.4) is 0 Å². The Labute approximate surface area is 58.7 Å². The van der Waals surface area contributed by atoms with Crippen LogP contribution in [0, 0.1) is 0 Å². The summed E-state index contributed by atoms with van der Waals surface area (Å²) >= 11 is 0. The Bertz CT molecular complexity index is 64.1. The van der Waals surface area contributed by atoms with Gasteiger partial charge < -0.3 is 9.90 Å². The zero-order valence-electron chi connectivity index (χ0n) is 6.82. The van der Waals surface area contributed by atoms with E-state index in [1.54, 1.807) is 0 Å². The zero-order chi connectivity index (χ0) is 6.62. The molecule has 0 saturated carbocycles. The summed E-state index contributed by atoms with van der Waals surface area (Å²) in [5, 5.41) is 0. The first-order valence-corrected chi connectivity index (χ1v) is 6.29. The van der Waals surface area contributed by atoms with Gasteiger partial charge in [-0.25, -0.2) is 0 Å². The first-order valence-electron chi connectivity index (χ1n) is 3.17. The van der Waals surface area contributed by atoms with E-state index in [0.29, 0.717) is 0 Å². The Morgan fingerprint density at radius 3 is 1.89 bits per heavy atom. The number of hydrogen-bond acceptors (Lipinski definition) is 1. The Morgan fingerprint density at radius 1 is 1.33 bits per heavy atom. The average Bonchev–Trinajstić information content (AvgIpc) is 1.67. The van der Waals surface area contributed by atoms with E-state index < -0.39 is 8.32 Å². The Morgan fingerprint density at radius 2 is 1.78 bits per heavy atom. The van der Waals surface area contributed by atoms with E-state index in [-0.39, 0.29) is 5.48 Å². The molecular weight excluding hydrogens is 132 g/mol. The Kier molecular flexibility index (Phi) is 6.55. The van der Waals surface area contributed by atoms with Gasteiger partial charge in [-0.3, -0.25) is 0 Å². The molecule has 2 nitrogen and oxygen atoms in total. The molecule has 2 N–H and O–H groups in total. The molecule has 0 saturated heterocycles. The van der Waals surface area contributed by atoms with E-state index in [0.717, 1.165) is 0 Å². The summed E-state index contributed by atoms with van der Waals surface area (Å²) in [5.41, 5.74) is 0. The fourth-order valence-corrected chi connectivity index (χ4v) is 2.11. The van der Waals surface area contributed by atoms with E-state index in [1.807, 2.05) is 7.11 Å². The molecule has 0 atom stereocenters. The van der Waals surface area contributed by atoms with Crippen molar-refractivity contribution in [2.24, 2.45) is 0 Å². The van der Waals surface area contributed by atoms with Gasteiger partial charge in [0.15, 0.2) is 8.32 Å². The van der Waals surface area contributed by atoms with E-state index in [2.05, 4.69) is 20.0 Å². The molecular formula is C6H18O2Si. The maximum atomic E-state index is 5.32. The summed E-state index contributed by atoms with van der Waals surface area (Å²) in [6, 6.07) is 1.28. The molecule has 0 aliphatic heterocycles. The van der Waals surface area contributed by atoms with Crippen LogP contribution in [0.15, 0.2) is 0 Å². The second-order valence-electron chi connectivity index (χ2n) is 2.71. The van der Waals surface area contributed by atoms with Crippen molar-refractivity contribution >= 4 is 8.32 Å². The highest BCUT2D eigenvalue weighted by molar-refractivity contribution is 6.71. The van der Waals surface area contributed by atoms with Crippen molar-refractivity contribution in [2.45, 2.75) is 32.5 Å². The molecule has 0 aliphatic rings. The van der Waals surface area contributed by atoms with Gasteiger partial charge in [-0.15, -0.1) is 0 Å². The molecule has 0 aliphatic carbocycles. The molecule has 0 unspecified atom stereocenters. The van der Waals surface area contributed by atoms with Crippen LogP contribution in [-0.2, 0) is 4.43 Å². The van der Waals surface area contributed by atoms with Gasteiger partial charge in [0.05, 0.1) is 0 Å². The van der Waals surface area contributed by atoms with Crippen molar-refractivity contribution in [1.82, 2.24) is 0 Å². The second-order valence-corrected chi connectivity index (χ2v) is 7.14. The molecule has 0 fully saturated rings. The van der Waals surface area contributed by atoms with Gasteiger partial charge in [-0.05, 0) is 19.1 Å². The first-order chi connectivity index (χ1) is 3.62. The van der Waals surface area contributed by atoms with Crippen molar-refractivity contribution in [3.63, 3.8) is 0 Å². The molecule has 0 heterocycles. The minimum Gasteiger partial charge on any atom is -0.420 e. The maximum Gasteiger partial charge on any atom is 0.186 e. The summed E-state index contributed by atoms with van der Waals surface area (Å²) in [5.74, 6) is 0. The summed E-state index contributed by atoms with van der Waals surface area (Å²) in [7, 11) is 0.644. The topological polar surface area (TPSA) is 40.7 Å². The largest absolute Gasteiger partial charge is 0.420 e. The summed E-state index contributed by atoms with van der Waals surface area (Å²) < 4.78 is 5.32. The molecule has 58 valence electrons. The van der Waals surface area contributed by atoms with Crippen LogP contribution in [0.4, 0.5) is 0 Å². The lowest BCUT2D eigenvalue weighted by Gasteiger charge is -2.17. The lowest BCUT2D eigenvalue weighted by molar-refractivity contribution is 0.403. The third-order valence-corrected chi connectivity index (χ3v) is 4.21. The molecule has 0 aromatic heterocycles. The summed E-state index contributed by atoms with van der Waals surface area (Å²) in [4.78, 5) is 0. The van der Waals surface area contributed by atoms with Gasteiger partial charge >= 0.3 is 0 Å². The van der Waals surface area contributed by atoms with Crippen LogP contribution in [0.2, 0.25) is 19.1 Å². The Hall–Kier alpha value is 0.137. The molecule has 0 aromatic rings. The standard InChI is InChI=1S/C6H16OSi.H2O/c1-5-6-8(3,4)7-2;/h5-6H2,1-4H3;1H2. The second kappa shape index (κ2) is 4.96. The predicted octanol–water partition coefficient (Wildman–Crippen LogP) is 1.42. The van der Waals surface area contributed by atoms with Gasteiger partial charge in [0.25, 0.3) is 0 Å². The quantitative estimate of drug-likeness (QED) is 0.561. The normalized spacial score (nSPS) is 10.7. The number of hydrogen-bond donors (Lipinski definition) is 0. The van der Waals surface area contributed by atoms with Crippen molar-refractivity contribution in [3.8, 4) is 0 Å². The molecule has 0 amide bonds. The molecule has 0 bridgehead atoms. The monoisotopic (exact) mass is 150 g/mol. The van der Waals surface area contributed by atoms with Gasteiger partial charge in [-0.2, -0.15) is 0 Å². The Balaban J connectivity index is 0. The molecule has 9 heavy (non-hydrogen) atoms. The van der Waals surface area contributed by atoms with Gasteiger partial charge in [0.2, 0.25) is 0 Å². The lowest BCUT2D eigenvalue weighted by atomic mass is 10.6. The molecule has 3 heteroatoms. The van der Waals surface area contributed by atoms with Crippen LogP contribution >= 0.6 is 0 Å². The average molecular weight is 150 g/mol. The van der Waals surface area contributed by atoms with Crippen molar-refractivity contribution < 1.29 is 9.90 Å². The number of rotatable bonds is 3. The first kappa shape index (κ1) is 11.9. The SMILES string of the molecule is CCC[Si](C)(C)OC.O. The third-order valence-electron chi connectivity index (χ3n) is 1.40. The maximum absolute atomic E-state index is 5.32. The third kappa shape index (κ3) is 6.02. The van der Waals surface area contributed by atoms with Gasteiger partial charge in [-0.1, -0.05) is 13.3 Å². The van der Waals surface area contributed by atoms with Crippen molar-refractivity contribution in [1.29, 1.82) is 0 Å². The van der Waals surface area contributed by atoms with Crippen LogP contribution in [0.1, 0.15) is 13.3 Å². The van der Waals surface area contributed by atoms with Gasteiger partial charge in [0, 0.05) is 7.11 Å². The van der Waals surface area contributed by atoms with E-state index in [9.17, 15) is 0 Å². The van der Waals surface area contributed by atoms with E-state index in [4.69, 9.17) is 4.43 Å². The van der Waals surface area contributed by atoms with Crippen LogP contribution < -0.4 is 0 Å². The van der Waals surface area contributed by atoms with Crippen LogP contribution in [0.5, 0.6) is 0 Å². The zero-order valence-corrected chi connectivity index (χ0v) is 7.82. The summed E-state index contributed by atoms with van der Waals surface area (Å²) in [6.45, 7) is 6.70. The van der Waals surface area contributed by atoms with Crippen LogP contribution in [-0.4, -0.2) is 20.9 Å². The molecule has 0 aromatic carbocycles. The van der Waals surface area contributed by atoms with Crippen molar-refractivity contribution in [2.75, 3.05) is 7.11 Å². The smallest absolute Gasteiger partial charge is 0.186 e. The minimum atomic E-state index is -1.18. The summed E-state index contributed by atoms with van der Waals surface area (Å²) in [6.07, 6.45) is 1.26. The minimum absolute atomic E-state index is 0. The van der Waals surface area contributed by atoms with Crippen molar-refractivity contribution in [3.05, 3.63) is 0 Å². The fraction of sp³-hybridized carbons (Fsp3) is 1.00. The van der Waals surface area contributed by atoms with E-state index in [1.165, 1.54) is 12.5 Å². The van der Waals surface area contributed by atoms with Crippen LogP contribution in [0.25, 0.3) is 0 Å². The molecule has 0 rings (SSSR count). The molecule has 0 spiro atoms. The highest BCUT2D eigenvalue weighted by Crippen LogP contribution is 2.10. The highest BCUT2D eigenvalue weighted by Gasteiger charge is 2.17. The highest BCUT2D eigenvalue weighted by atomic mass is 28.4. The predicted molar refractivity (Wildman–Crippen MR) is 43.2 cm³/mol.